The van der Waals surface area contributed by atoms with Crippen molar-refractivity contribution < 1.29 is 9.90 Å². The second-order valence-corrected chi connectivity index (χ2v) is 6.91. The highest BCUT2D eigenvalue weighted by atomic mass is 16.4. The Labute approximate surface area is 150 Å². The fourth-order valence-corrected chi connectivity index (χ4v) is 4.20. The fourth-order valence-electron chi connectivity index (χ4n) is 4.20. The minimum absolute atomic E-state index is 0.313. The molecular formula is C22H18N2O2. The molecule has 4 nitrogen and oxygen atoms in total. The molecule has 0 bridgehead atoms. The number of nitrogens with zero attached hydrogens (tertiary/aromatic N) is 1. The third kappa shape index (κ3) is 2.22. The van der Waals surface area contributed by atoms with Crippen LogP contribution in [0.2, 0.25) is 0 Å². The summed E-state index contributed by atoms with van der Waals surface area (Å²) in [5.74, 6) is -0.896. The maximum atomic E-state index is 11.1. The van der Waals surface area contributed by atoms with Crippen molar-refractivity contribution in [3.8, 4) is 11.3 Å². The molecule has 0 atom stereocenters. The van der Waals surface area contributed by atoms with Crippen molar-refractivity contribution in [3.05, 3.63) is 65.4 Å². The molecule has 2 N–H and O–H groups in total. The molecule has 0 unspecified atom stereocenters. The van der Waals surface area contributed by atoms with E-state index in [4.69, 9.17) is 5.11 Å². The molecule has 2 aromatic carbocycles. The van der Waals surface area contributed by atoms with Crippen LogP contribution >= 0.6 is 0 Å². The summed E-state index contributed by atoms with van der Waals surface area (Å²) < 4.78 is 0. The van der Waals surface area contributed by atoms with E-state index in [0.717, 1.165) is 35.1 Å². The first-order valence-electron chi connectivity index (χ1n) is 8.97. The summed E-state index contributed by atoms with van der Waals surface area (Å²) in [7, 11) is 0. The highest BCUT2D eigenvalue weighted by Crippen LogP contribution is 2.37. The molecule has 0 spiro atoms. The van der Waals surface area contributed by atoms with E-state index >= 15 is 0 Å². The minimum atomic E-state index is -0.896. The number of hydrogen-bond acceptors (Lipinski definition) is 2. The zero-order chi connectivity index (χ0) is 17.7. The molecule has 0 radical (unpaired) electrons. The summed E-state index contributed by atoms with van der Waals surface area (Å²) in [6.45, 7) is 0. The Bertz CT molecular complexity index is 1160. The third-order valence-electron chi connectivity index (χ3n) is 5.43. The molecule has 5 rings (SSSR count). The first kappa shape index (κ1) is 15.1. The fraction of sp³-hybridized carbons (Fsp3) is 0.182. The number of nitrogens with one attached hydrogen (secondary N) is 1. The molecule has 0 saturated carbocycles. The second-order valence-electron chi connectivity index (χ2n) is 6.91. The highest BCUT2D eigenvalue weighted by Gasteiger charge is 2.20. The predicted octanol–water partition coefficient (Wildman–Crippen LogP) is 4.96. The molecule has 0 aliphatic heterocycles. The van der Waals surface area contributed by atoms with Gasteiger partial charge in [0.05, 0.1) is 11.1 Å². The maximum absolute atomic E-state index is 11.1. The zero-order valence-electron chi connectivity index (χ0n) is 14.2. The number of aromatic amines is 1. The lowest BCUT2D eigenvalue weighted by Gasteiger charge is -2.23. The molecule has 2 heterocycles. The van der Waals surface area contributed by atoms with Crippen LogP contribution < -0.4 is 0 Å². The highest BCUT2D eigenvalue weighted by molar-refractivity contribution is 6.08. The van der Waals surface area contributed by atoms with Gasteiger partial charge in [-0.25, -0.2) is 4.79 Å². The van der Waals surface area contributed by atoms with E-state index in [1.807, 2.05) is 18.3 Å². The Kier molecular flexibility index (Phi) is 3.32. The number of hydrogen-bond donors (Lipinski definition) is 2. The molecule has 1 aliphatic rings. The number of benzene rings is 2. The van der Waals surface area contributed by atoms with Crippen LogP contribution in [-0.4, -0.2) is 21.0 Å². The van der Waals surface area contributed by atoms with Gasteiger partial charge in [0, 0.05) is 28.2 Å². The number of aromatic carboxylic acids is 1. The number of carbonyl (C=O) groups is 1. The third-order valence-corrected chi connectivity index (χ3v) is 5.43. The lowest BCUT2D eigenvalue weighted by Crippen LogP contribution is -2.08. The smallest absolute Gasteiger partial charge is 0.335 e. The largest absolute Gasteiger partial charge is 0.478 e. The number of carboxylic acid groups (broad SMARTS) is 1. The van der Waals surface area contributed by atoms with E-state index in [0.29, 0.717) is 5.56 Å². The van der Waals surface area contributed by atoms with Gasteiger partial charge in [0.1, 0.15) is 0 Å². The minimum Gasteiger partial charge on any atom is -0.478 e. The molecule has 4 aromatic rings. The summed E-state index contributed by atoms with van der Waals surface area (Å²) >= 11 is 0. The summed E-state index contributed by atoms with van der Waals surface area (Å²) in [5.41, 5.74) is 7.40. The normalized spacial score (nSPS) is 13.8. The Balaban J connectivity index is 1.80. The van der Waals surface area contributed by atoms with Gasteiger partial charge in [-0.1, -0.05) is 12.1 Å². The van der Waals surface area contributed by atoms with Gasteiger partial charge in [0.25, 0.3) is 0 Å². The number of fused-ring (bicyclic) bond motifs is 5. The number of aromatic nitrogens is 2. The second kappa shape index (κ2) is 5.70. The Morgan fingerprint density at radius 2 is 1.73 bits per heavy atom. The average Bonchev–Trinajstić information content (AvgIpc) is 3.16. The van der Waals surface area contributed by atoms with Crippen molar-refractivity contribution in [1.82, 2.24) is 9.97 Å². The summed E-state index contributed by atoms with van der Waals surface area (Å²) in [6, 6.07) is 13.4. The van der Waals surface area contributed by atoms with E-state index < -0.39 is 5.97 Å². The van der Waals surface area contributed by atoms with Gasteiger partial charge < -0.3 is 10.1 Å². The number of rotatable bonds is 2. The van der Waals surface area contributed by atoms with Crippen LogP contribution in [0, 0.1) is 0 Å². The van der Waals surface area contributed by atoms with Crippen LogP contribution in [0.1, 0.15) is 34.3 Å². The van der Waals surface area contributed by atoms with Crippen LogP contribution in [0.25, 0.3) is 33.1 Å². The van der Waals surface area contributed by atoms with Crippen LogP contribution in [0.4, 0.5) is 0 Å². The van der Waals surface area contributed by atoms with Gasteiger partial charge >= 0.3 is 5.97 Å². The molecule has 1 aliphatic carbocycles. The lowest BCUT2D eigenvalue weighted by molar-refractivity contribution is 0.0697. The predicted molar refractivity (Wildman–Crippen MR) is 103 cm³/mol. The Morgan fingerprint density at radius 3 is 2.50 bits per heavy atom. The topological polar surface area (TPSA) is 66.0 Å². The van der Waals surface area contributed by atoms with E-state index in [9.17, 15) is 4.79 Å². The van der Waals surface area contributed by atoms with Gasteiger partial charge in [0.15, 0.2) is 0 Å². The number of H-pyrrole nitrogens is 1. The molecule has 128 valence electrons. The summed E-state index contributed by atoms with van der Waals surface area (Å²) in [4.78, 5) is 19.2. The van der Waals surface area contributed by atoms with E-state index in [1.54, 1.807) is 12.1 Å². The molecule has 0 amide bonds. The molecule has 26 heavy (non-hydrogen) atoms. The van der Waals surface area contributed by atoms with Crippen molar-refractivity contribution in [3.63, 3.8) is 0 Å². The SMILES string of the molecule is O=C(O)c1ccc(-c2[nH]c3ccc4nccc4c3c3c2CCCC3)cc1. The van der Waals surface area contributed by atoms with E-state index in [-0.39, 0.29) is 0 Å². The molecular weight excluding hydrogens is 324 g/mol. The van der Waals surface area contributed by atoms with Gasteiger partial charge in [-0.15, -0.1) is 0 Å². The Hall–Kier alpha value is -3.14. The molecule has 0 saturated heterocycles. The van der Waals surface area contributed by atoms with Gasteiger partial charge in [-0.05, 0) is 72.7 Å². The van der Waals surface area contributed by atoms with Crippen molar-refractivity contribution in [2.75, 3.05) is 0 Å². The molecule has 2 aromatic heterocycles. The summed E-state index contributed by atoms with van der Waals surface area (Å²) in [6.07, 6.45) is 6.38. The number of carboxylic acids is 1. The quantitative estimate of drug-likeness (QED) is 0.541. The van der Waals surface area contributed by atoms with E-state index in [2.05, 4.69) is 28.2 Å². The van der Waals surface area contributed by atoms with Crippen molar-refractivity contribution in [1.29, 1.82) is 0 Å². The van der Waals surface area contributed by atoms with Crippen LogP contribution in [0.3, 0.4) is 0 Å². The zero-order valence-corrected chi connectivity index (χ0v) is 14.2. The van der Waals surface area contributed by atoms with Crippen LogP contribution in [-0.2, 0) is 12.8 Å². The van der Waals surface area contributed by atoms with Gasteiger partial charge in [-0.2, -0.15) is 0 Å². The average molecular weight is 342 g/mol. The standard InChI is InChI=1S/C22H18N2O2/c25-22(26)14-7-5-13(6-8-14)21-16-4-2-1-3-15(16)20-17-11-12-23-18(17)9-10-19(20)24-21/h5-12,24H,1-4H2,(H,25,26). The molecule has 4 heteroatoms. The monoisotopic (exact) mass is 342 g/mol. The van der Waals surface area contributed by atoms with Crippen molar-refractivity contribution >= 4 is 27.8 Å². The van der Waals surface area contributed by atoms with Crippen LogP contribution in [0.5, 0.6) is 0 Å². The summed E-state index contributed by atoms with van der Waals surface area (Å²) in [5, 5.41) is 11.7. The first-order chi connectivity index (χ1) is 12.7. The maximum Gasteiger partial charge on any atom is 0.335 e. The Morgan fingerprint density at radius 1 is 0.962 bits per heavy atom. The lowest BCUT2D eigenvalue weighted by atomic mass is 9.85. The first-order valence-corrected chi connectivity index (χ1v) is 8.97. The van der Waals surface area contributed by atoms with Gasteiger partial charge in [-0.3, -0.25) is 4.98 Å². The van der Waals surface area contributed by atoms with Crippen molar-refractivity contribution in [2.45, 2.75) is 25.7 Å². The van der Waals surface area contributed by atoms with Crippen molar-refractivity contribution in [2.24, 2.45) is 0 Å². The van der Waals surface area contributed by atoms with Crippen LogP contribution in [0.15, 0.2) is 48.7 Å². The number of pyridine rings is 1. The number of aryl methyl sites for hydroxylation is 1. The molecule has 0 fully saturated rings. The van der Waals surface area contributed by atoms with Gasteiger partial charge in [0.2, 0.25) is 0 Å². The van der Waals surface area contributed by atoms with E-state index in [1.165, 1.54) is 34.7 Å².